The molecule has 2 N–H and O–H groups in total. The van der Waals surface area contributed by atoms with E-state index >= 15 is 0 Å². The molecule has 5 heteroatoms. The lowest BCUT2D eigenvalue weighted by molar-refractivity contribution is -0.119. The first kappa shape index (κ1) is 17.0. The molecule has 0 saturated heterocycles. The fourth-order valence-corrected chi connectivity index (χ4v) is 2.63. The third-order valence-electron chi connectivity index (χ3n) is 3.35. The van der Waals surface area contributed by atoms with Gasteiger partial charge >= 0.3 is 0 Å². The number of hydrogen-bond donors (Lipinski definition) is 2. The molecule has 0 fully saturated rings. The predicted octanol–water partition coefficient (Wildman–Crippen LogP) is 3.83. The zero-order chi connectivity index (χ0) is 16.8. The summed E-state index contributed by atoms with van der Waals surface area (Å²) in [4.78, 5) is 11.8. The van der Waals surface area contributed by atoms with Gasteiger partial charge in [0.05, 0.1) is 12.8 Å². The Morgan fingerprint density at radius 3 is 2.52 bits per heavy atom. The van der Waals surface area contributed by atoms with Gasteiger partial charge in [-0.2, -0.15) is 5.10 Å². The lowest BCUT2D eigenvalue weighted by Gasteiger charge is -2.13. The maximum absolute atomic E-state index is 11.8. The van der Waals surface area contributed by atoms with Gasteiger partial charge in [0, 0.05) is 10.7 Å². The van der Waals surface area contributed by atoms with Crippen LogP contribution >= 0.6 is 11.6 Å². The van der Waals surface area contributed by atoms with Crippen LogP contribution in [0.25, 0.3) is 0 Å². The van der Waals surface area contributed by atoms with E-state index in [1.165, 1.54) is 5.56 Å². The fourth-order valence-electron chi connectivity index (χ4n) is 2.43. The molecule has 0 radical (unpaired) electrons. The second kappa shape index (κ2) is 7.79. The highest BCUT2D eigenvalue weighted by Crippen LogP contribution is 2.21. The van der Waals surface area contributed by atoms with E-state index in [1.54, 1.807) is 18.3 Å². The van der Waals surface area contributed by atoms with E-state index in [9.17, 15) is 4.79 Å². The molecule has 0 spiro atoms. The Hall–Kier alpha value is -2.33. The summed E-state index contributed by atoms with van der Waals surface area (Å²) in [6.07, 6.45) is 1.56. The van der Waals surface area contributed by atoms with Gasteiger partial charge in [0.15, 0.2) is 0 Å². The number of hydrogen-bond acceptors (Lipinski definition) is 3. The minimum Gasteiger partial charge on any atom is -0.376 e. The minimum absolute atomic E-state index is 0.164. The van der Waals surface area contributed by atoms with Gasteiger partial charge in [0.25, 0.3) is 5.91 Å². The molecular formula is C18H20ClN3O. The quantitative estimate of drug-likeness (QED) is 0.647. The highest BCUT2D eigenvalue weighted by molar-refractivity contribution is 6.30. The lowest BCUT2D eigenvalue weighted by Crippen LogP contribution is -2.26. The first-order chi connectivity index (χ1) is 11.0. The molecule has 0 atom stereocenters. The molecule has 0 aromatic heterocycles. The van der Waals surface area contributed by atoms with Gasteiger partial charge in [-0.25, -0.2) is 5.43 Å². The summed E-state index contributed by atoms with van der Waals surface area (Å²) in [7, 11) is 0. The van der Waals surface area contributed by atoms with Crippen molar-refractivity contribution >= 4 is 29.4 Å². The molecule has 0 unspecified atom stereocenters. The first-order valence-corrected chi connectivity index (χ1v) is 7.72. The average molecular weight is 330 g/mol. The van der Waals surface area contributed by atoms with Crippen LogP contribution in [0.4, 0.5) is 5.69 Å². The largest absolute Gasteiger partial charge is 0.376 e. The fraction of sp³-hybridized carbons (Fsp3) is 0.222. The Morgan fingerprint density at radius 1 is 1.17 bits per heavy atom. The number of amides is 1. The standard InChI is InChI=1S/C18H20ClN3O/c1-12-7-13(2)18(14(3)8-12)20-11-17(23)22-21-10-15-5-4-6-16(19)9-15/h4-10,20H,11H2,1-3H3,(H,22,23)/b21-10-. The average Bonchev–Trinajstić information content (AvgIpc) is 2.46. The van der Waals surface area contributed by atoms with Crippen molar-refractivity contribution in [3.05, 3.63) is 63.7 Å². The number of halogens is 1. The van der Waals surface area contributed by atoms with Crippen LogP contribution in [-0.2, 0) is 4.79 Å². The molecule has 0 aliphatic heterocycles. The highest BCUT2D eigenvalue weighted by Gasteiger charge is 2.05. The van der Waals surface area contributed by atoms with Gasteiger partial charge in [-0.05, 0) is 49.6 Å². The zero-order valence-electron chi connectivity index (χ0n) is 13.5. The van der Waals surface area contributed by atoms with Crippen molar-refractivity contribution in [1.82, 2.24) is 5.43 Å². The minimum atomic E-state index is -0.206. The van der Waals surface area contributed by atoms with E-state index in [4.69, 9.17) is 11.6 Å². The van der Waals surface area contributed by atoms with Crippen molar-refractivity contribution in [3.8, 4) is 0 Å². The van der Waals surface area contributed by atoms with Gasteiger partial charge in [-0.15, -0.1) is 0 Å². The SMILES string of the molecule is Cc1cc(C)c(NCC(=O)N/N=C\c2cccc(Cl)c2)c(C)c1. The normalized spacial score (nSPS) is 10.8. The van der Waals surface area contributed by atoms with Crippen LogP contribution in [0.5, 0.6) is 0 Å². The molecule has 0 heterocycles. The third kappa shape index (κ3) is 5.11. The Bertz CT molecular complexity index is 718. The summed E-state index contributed by atoms with van der Waals surface area (Å²) in [5.41, 5.74) is 7.77. The second-order valence-corrected chi connectivity index (χ2v) is 5.91. The molecule has 23 heavy (non-hydrogen) atoms. The summed E-state index contributed by atoms with van der Waals surface area (Å²) in [5.74, 6) is -0.206. The van der Waals surface area contributed by atoms with Crippen LogP contribution in [-0.4, -0.2) is 18.7 Å². The molecule has 2 aromatic rings. The summed E-state index contributed by atoms with van der Waals surface area (Å²) >= 11 is 5.89. The zero-order valence-corrected chi connectivity index (χ0v) is 14.2. The number of nitrogens with zero attached hydrogens (tertiary/aromatic N) is 1. The molecule has 0 bridgehead atoms. The van der Waals surface area contributed by atoms with Crippen molar-refractivity contribution < 1.29 is 4.79 Å². The third-order valence-corrected chi connectivity index (χ3v) is 3.59. The van der Waals surface area contributed by atoms with Gasteiger partial charge in [-0.1, -0.05) is 41.4 Å². The van der Waals surface area contributed by atoms with Gasteiger partial charge in [-0.3, -0.25) is 4.79 Å². The van der Waals surface area contributed by atoms with Crippen molar-refractivity contribution in [2.75, 3.05) is 11.9 Å². The molecule has 0 aliphatic rings. The summed E-state index contributed by atoms with van der Waals surface area (Å²) < 4.78 is 0. The molecule has 4 nitrogen and oxygen atoms in total. The number of nitrogens with one attached hydrogen (secondary N) is 2. The molecule has 2 rings (SSSR count). The van der Waals surface area contributed by atoms with Crippen LogP contribution in [0.15, 0.2) is 41.5 Å². The number of anilines is 1. The Labute approximate surface area is 141 Å². The maximum atomic E-state index is 11.8. The van der Waals surface area contributed by atoms with Crippen molar-refractivity contribution in [1.29, 1.82) is 0 Å². The summed E-state index contributed by atoms with van der Waals surface area (Å²) in [6, 6.07) is 11.4. The van der Waals surface area contributed by atoms with Gasteiger partial charge in [0.2, 0.25) is 0 Å². The predicted molar refractivity (Wildman–Crippen MR) is 96.3 cm³/mol. The molecule has 120 valence electrons. The summed E-state index contributed by atoms with van der Waals surface area (Å²) in [5, 5.41) is 7.72. The highest BCUT2D eigenvalue weighted by atomic mass is 35.5. The number of benzene rings is 2. The van der Waals surface area contributed by atoms with E-state index < -0.39 is 0 Å². The van der Waals surface area contributed by atoms with Crippen molar-refractivity contribution in [2.45, 2.75) is 20.8 Å². The first-order valence-electron chi connectivity index (χ1n) is 7.35. The van der Waals surface area contributed by atoms with Crippen molar-refractivity contribution in [2.24, 2.45) is 5.10 Å². The smallest absolute Gasteiger partial charge is 0.259 e. The van der Waals surface area contributed by atoms with E-state index in [-0.39, 0.29) is 12.5 Å². The molecule has 0 saturated carbocycles. The van der Waals surface area contributed by atoms with E-state index in [0.717, 1.165) is 22.4 Å². The number of carbonyl (C=O) groups is 1. The topological polar surface area (TPSA) is 53.5 Å². The molecular weight excluding hydrogens is 310 g/mol. The Kier molecular flexibility index (Phi) is 5.77. The monoisotopic (exact) mass is 329 g/mol. The van der Waals surface area contributed by atoms with E-state index in [1.807, 2.05) is 26.0 Å². The van der Waals surface area contributed by atoms with Crippen molar-refractivity contribution in [3.63, 3.8) is 0 Å². The number of carbonyl (C=O) groups excluding carboxylic acids is 1. The van der Waals surface area contributed by atoms with Crippen LogP contribution in [0.1, 0.15) is 22.3 Å². The molecule has 2 aromatic carbocycles. The van der Waals surface area contributed by atoms with E-state index in [0.29, 0.717) is 5.02 Å². The second-order valence-electron chi connectivity index (χ2n) is 5.48. The Balaban J connectivity index is 1.88. The lowest BCUT2D eigenvalue weighted by atomic mass is 10.1. The number of hydrazone groups is 1. The molecule has 0 aliphatic carbocycles. The van der Waals surface area contributed by atoms with Crippen LogP contribution < -0.4 is 10.7 Å². The van der Waals surface area contributed by atoms with Crippen LogP contribution in [0.3, 0.4) is 0 Å². The van der Waals surface area contributed by atoms with Crippen LogP contribution in [0.2, 0.25) is 5.02 Å². The Morgan fingerprint density at radius 2 is 1.87 bits per heavy atom. The van der Waals surface area contributed by atoms with Crippen LogP contribution in [0, 0.1) is 20.8 Å². The van der Waals surface area contributed by atoms with Gasteiger partial charge in [0.1, 0.15) is 0 Å². The number of rotatable bonds is 5. The summed E-state index contributed by atoms with van der Waals surface area (Å²) in [6.45, 7) is 6.27. The van der Waals surface area contributed by atoms with Gasteiger partial charge < -0.3 is 5.32 Å². The maximum Gasteiger partial charge on any atom is 0.259 e. The number of aryl methyl sites for hydroxylation is 3. The van der Waals surface area contributed by atoms with E-state index in [2.05, 4.69) is 34.9 Å². The molecule has 1 amide bonds.